The topological polar surface area (TPSA) is 48.7 Å². The molecule has 2 amide bonds. The highest BCUT2D eigenvalue weighted by Gasteiger charge is 2.39. The van der Waals surface area contributed by atoms with Gasteiger partial charge in [0.25, 0.3) is 0 Å². The minimum absolute atomic E-state index is 0.00172. The number of furan rings is 1. The first-order valence-electron chi connectivity index (χ1n) is 6.95. The number of fused-ring (bicyclic) bond motifs is 3. The van der Waals surface area contributed by atoms with E-state index in [1.165, 1.54) is 13.0 Å². The Morgan fingerprint density at radius 3 is 3.10 bits per heavy atom. The van der Waals surface area contributed by atoms with Crippen molar-refractivity contribution in [2.24, 2.45) is 5.92 Å². The van der Waals surface area contributed by atoms with E-state index >= 15 is 0 Å². The van der Waals surface area contributed by atoms with Crippen molar-refractivity contribution < 1.29 is 9.21 Å². The smallest absolute Gasteiger partial charge is 0.321 e. The number of nitrogens with zero attached hydrogens (tertiary/aromatic N) is 2. The van der Waals surface area contributed by atoms with Crippen LogP contribution in [0.15, 0.2) is 16.7 Å². The maximum atomic E-state index is 12.4. The number of carbonyl (C=O) groups excluding carboxylic acids is 1. The van der Waals surface area contributed by atoms with Crippen LogP contribution in [0.25, 0.3) is 6.08 Å². The highest BCUT2D eigenvalue weighted by Crippen LogP contribution is 2.28. The quantitative estimate of drug-likeness (QED) is 0.754. The second-order valence-electron chi connectivity index (χ2n) is 5.75. The molecule has 3 aliphatic rings. The molecule has 20 heavy (non-hydrogen) atoms. The Morgan fingerprint density at radius 2 is 2.35 bits per heavy atom. The van der Waals surface area contributed by atoms with Crippen molar-refractivity contribution in [2.75, 3.05) is 19.6 Å². The molecule has 4 heterocycles. The maximum absolute atomic E-state index is 12.4. The van der Waals surface area contributed by atoms with Crippen LogP contribution in [0, 0.1) is 9.68 Å². The molecule has 3 atom stereocenters. The molecule has 2 fully saturated rings. The van der Waals surface area contributed by atoms with E-state index in [1.807, 2.05) is 18.3 Å². The van der Waals surface area contributed by atoms with Gasteiger partial charge < -0.3 is 14.6 Å². The maximum Gasteiger partial charge on any atom is 0.321 e. The van der Waals surface area contributed by atoms with Crippen molar-refractivity contribution in [3.63, 3.8) is 0 Å². The van der Waals surface area contributed by atoms with Gasteiger partial charge in [0.1, 0.15) is 5.76 Å². The third-order valence-electron chi connectivity index (χ3n) is 4.46. The molecule has 2 bridgehead atoms. The van der Waals surface area contributed by atoms with Crippen molar-refractivity contribution in [1.82, 2.24) is 15.1 Å². The number of halogens is 1. The molecule has 3 unspecified atom stereocenters. The van der Waals surface area contributed by atoms with Crippen molar-refractivity contribution in [3.8, 4) is 0 Å². The van der Waals surface area contributed by atoms with Gasteiger partial charge in [0.05, 0.1) is 6.54 Å². The average Bonchev–Trinajstić information content (AvgIpc) is 3.10. The van der Waals surface area contributed by atoms with Gasteiger partial charge in [0, 0.05) is 30.9 Å². The second-order valence-corrected chi connectivity index (χ2v) is 6.81. The Labute approximate surface area is 131 Å². The molecule has 0 spiro atoms. The molecular formula is C14H16IN3O2. The van der Waals surface area contributed by atoms with Crippen LogP contribution < -0.4 is 5.32 Å². The van der Waals surface area contributed by atoms with Gasteiger partial charge in [-0.05, 0) is 53.6 Å². The van der Waals surface area contributed by atoms with Crippen LogP contribution in [0.3, 0.4) is 0 Å². The van der Waals surface area contributed by atoms with Crippen LogP contribution in [0.5, 0.6) is 0 Å². The Morgan fingerprint density at radius 1 is 1.45 bits per heavy atom. The molecule has 0 aromatic carbocycles. The van der Waals surface area contributed by atoms with Gasteiger partial charge in [-0.15, -0.1) is 0 Å². The molecule has 3 aliphatic heterocycles. The predicted molar refractivity (Wildman–Crippen MR) is 82.9 cm³/mol. The van der Waals surface area contributed by atoms with Gasteiger partial charge in [0.15, 0.2) is 3.77 Å². The lowest BCUT2D eigenvalue weighted by molar-refractivity contribution is 0.203. The second kappa shape index (κ2) is 4.77. The first kappa shape index (κ1) is 12.7. The molecule has 106 valence electrons. The van der Waals surface area contributed by atoms with Crippen LogP contribution in [-0.4, -0.2) is 41.5 Å². The van der Waals surface area contributed by atoms with Crippen molar-refractivity contribution in [1.29, 1.82) is 0 Å². The lowest BCUT2D eigenvalue weighted by Crippen LogP contribution is -2.47. The van der Waals surface area contributed by atoms with Gasteiger partial charge in [-0.2, -0.15) is 0 Å². The lowest BCUT2D eigenvalue weighted by Gasteiger charge is -2.27. The van der Waals surface area contributed by atoms with E-state index in [1.54, 1.807) is 4.90 Å². The number of carbonyl (C=O) groups is 1. The minimum atomic E-state index is 0.00172. The Bertz CT molecular complexity index is 583. The molecule has 1 aromatic rings. The third-order valence-corrected chi connectivity index (χ3v) is 4.99. The Hall–Kier alpha value is -1.02. The summed E-state index contributed by atoms with van der Waals surface area (Å²) in [6.45, 7) is 3.93. The number of nitrogens with one attached hydrogen (secondary N) is 1. The minimum Gasteiger partial charge on any atom is -0.451 e. The van der Waals surface area contributed by atoms with Gasteiger partial charge in [-0.25, -0.2) is 4.79 Å². The SMILES string of the molecule is O=C(NC1CN2CCC1C2)N1C=Cc2oc(I)cc2C1. The fourth-order valence-electron chi connectivity index (χ4n) is 3.40. The van der Waals surface area contributed by atoms with Crippen LogP contribution in [-0.2, 0) is 6.54 Å². The fraction of sp³-hybridized carbons (Fsp3) is 0.500. The number of urea groups is 1. The molecule has 4 rings (SSSR count). The van der Waals surface area contributed by atoms with Gasteiger partial charge in [-0.3, -0.25) is 4.90 Å². The predicted octanol–water partition coefficient (Wildman–Crippen LogP) is 2.08. The highest BCUT2D eigenvalue weighted by atomic mass is 127. The summed E-state index contributed by atoms with van der Waals surface area (Å²) in [5, 5.41) is 3.18. The van der Waals surface area contributed by atoms with Crippen LogP contribution in [0.1, 0.15) is 17.7 Å². The van der Waals surface area contributed by atoms with E-state index in [2.05, 4.69) is 32.8 Å². The fourth-order valence-corrected chi connectivity index (χ4v) is 4.01. The van der Waals surface area contributed by atoms with Crippen molar-refractivity contribution >= 4 is 34.7 Å². The molecule has 0 saturated carbocycles. The molecule has 0 aliphatic carbocycles. The standard InChI is InChI=1S/C14H16IN3O2/c15-13-5-10-7-18(4-2-12(10)20-13)14(19)16-11-8-17-3-1-9(11)6-17/h2,4-5,9,11H,1,3,6-8H2,(H,16,19). The van der Waals surface area contributed by atoms with E-state index in [0.29, 0.717) is 18.5 Å². The molecule has 1 aromatic heterocycles. The number of rotatable bonds is 1. The molecular weight excluding hydrogens is 369 g/mol. The summed E-state index contributed by atoms with van der Waals surface area (Å²) in [7, 11) is 0. The zero-order chi connectivity index (χ0) is 13.7. The van der Waals surface area contributed by atoms with Crippen molar-refractivity contribution in [2.45, 2.75) is 19.0 Å². The highest BCUT2D eigenvalue weighted by molar-refractivity contribution is 14.1. The summed E-state index contributed by atoms with van der Waals surface area (Å²) in [6.07, 6.45) is 4.89. The van der Waals surface area contributed by atoms with Gasteiger partial charge >= 0.3 is 6.03 Å². The molecule has 2 saturated heterocycles. The van der Waals surface area contributed by atoms with Crippen LogP contribution >= 0.6 is 22.6 Å². The Kier molecular flexibility index (Phi) is 3.03. The number of hydrogen-bond donors (Lipinski definition) is 1. The molecule has 1 N–H and O–H groups in total. The number of amides is 2. The lowest BCUT2D eigenvalue weighted by atomic mass is 10.0. The molecule has 0 radical (unpaired) electrons. The summed E-state index contributed by atoms with van der Waals surface area (Å²) < 4.78 is 6.40. The summed E-state index contributed by atoms with van der Waals surface area (Å²) in [4.78, 5) is 16.5. The normalized spacial score (nSPS) is 30.6. The van der Waals surface area contributed by atoms with E-state index in [-0.39, 0.29) is 6.03 Å². The number of hydrogen-bond acceptors (Lipinski definition) is 3. The van der Waals surface area contributed by atoms with E-state index in [4.69, 9.17) is 4.42 Å². The molecule has 6 heteroatoms. The largest absolute Gasteiger partial charge is 0.451 e. The monoisotopic (exact) mass is 385 g/mol. The Balaban J connectivity index is 1.42. The van der Waals surface area contributed by atoms with Gasteiger partial charge in [0.2, 0.25) is 0 Å². The summed E-state index contributed by atoms with van der Waals surface area (Å²) in [6, 6.07) is 2.31. The van der Waals surface area contributed by atoms with Gasteiger partial charge in [-0.1, -0.05) is 0 Å². The number of piperidine rings is 1. The zero-order valence-electron chi connectivity index (χ0n) is 11.0. The summed E-state index contributed by atoms with van der Waals surface area (Å²) in [5.41, 5.74) is 1.07. The van der Waals surface area contributed by atoms with Crippen LogP contribution in [0.2, 0.25) is 0 Å². The third kappa shape index (κ3) is 2.14. The first-order chi connectivity index (χ1) is 9.69. The summed E-state index contributed by atoms with van der Waals surface area (Å²) >= 11 is 2.15. The van der Waals surface area contributed by atoms with E-state index < -0.39 is 0 Å². The zero-order valence-corrected chi connectivity index (χ0v) is 13.2. The molecule has 5 nitrogen and oxygen atoms in total. The van der Waals surface area contributed by atoms with E-state index in [9.17, 15) is 4.79 Å². The first-order valence-corrected chi connectivity index (χ1v) is 8.03. The average molecular weight is 385 g/mol. The van der Waals surface area contributed by atoms with Crippen molar-refractivity contribution in [3.05, 3.63) is 27.4 Å². The summed E-state index contributed by atoms with van der Waals surface area (Å²) in [5.74, 6) is 1.50. The van der Waals surface area contributed by atoms with Crippen LogP contribution in [0.4, 0.5) is 4.79 Å². The van der Waals surface area contributed by atoms with E-state index in [0.717, 1.165) is 28.2 Å².